The standard InChI is InChI=1S/C9H9NO5.C3H6O/c1-9(13,8(11)12)6-4-2-3-5-7(6)10(14)15;1-3(2)4/h2-5,13H,1H3,(H,11,12);1-2H3. The molecule has 0 bridgehead atoms. The van der Waals surface area contributed by atoms with Gasteiger partial charge in [-0.3, -0.25) is 10.1 Å². The maximum Gasteiger partial charge on any atom is 0.340 e. The molecule has 0 saturated carbocycles. The second-order valence-corrected chi connectivity index (χ2v) is 4.06. The van der Waals surface area contributed by atoms with Crippen molar-refractivity contribution in [3.05, 3.63) is 39.9 Å². The van der Waals surface area contributed by atoms with Gasteiger partial charge in [-0.1, -0.05) is 12.1 Å². The summed E-state index contributed by atoms with van der Waals surface area (Å²) in [6.07, 6.45) is 0. The lowest BCUT2D eigenvalue weighted by atomic mass is 9.95. The number of nitro benzene ring substituents is 1. The zero-order chi connectivity index (χ0) is 15.2. The Kier molecular flexibility index (Phi) is 5.81. The molecule has 0 spiro atoms. The molecule has 0 fully saturated rings. The molecule has 1 rings (SSSR count). The molecule has 0 radical (unpaired) electrons. The number of nitro groups is 1. The van der Waals surface area contributed by atoms with Crippen LogP contribution in [0.1, 0.15) is 26.3 Å². The molecule has 7 heteroatoms. The molecular weight excluding hydrogens is 254 g/mol. The average molecular weight is 269 g/mol. The quantitative estimate of drug-likeness (QED) is 0.633. The summed E-state index contributed by atoms with van der Waals surface area (Å²) in [5.41, 5.74) is -2.91. The van der Waals surface area contributed by atoms with E-state index in [0.29, 0.717) is 0 Å². The molecule has 0 aliphatic rings. The summed E-state index contributed by atoms with van der Waals surface area (Å²) in [5.74, 6) is -1.36. The number of carbonyl (C=O) groups is 2. The van der Waals surface area contributed by atoms with Gasteiger partial charge in [-0.2, -0.15) is 0 Å². The molecule has 104 valence electrons. The number of nitrogens with zero attached hydrogens (tertiary/aromatic N) is 1. The van der Waals surface area contributed by atoms with E-state index in [2.05, 4.69) is 0 Å². The lowest BCUT2D eigenvalue weighted by Crippen LogP contribution is -2.32. The molecule has 1 unspecified atom stereocenters. The number of hydrogen-bond donors (Lipinski definition) is 2. The zero-order valence-corrected chi connectivity index (χ0v) is 10.8. The summed E-state index contributed by atoms with van der Waals surface area (Å²) in [4.78, 5) is 30.0. The fourth-order valence-corrected chi connectivity index (χ4v) is 1.16. The van der Waals surface area contributed by atoms with E-state index >= 15 is 0 Å². The van der Waals surface area contributed by atoms with Crippen LogP contribution in [-0.4, -0.2) is 26.9 Å². The summed E-state index contributed by atoms with van der Waals surface area (Å²) in [6.45, 7) is 4.05. The van der Waals surface area contributed by atoms with E-state index in [0.717, 1.165) is 13.0 Å². The molecule has 1 atom stereocenters. The molecule has 0 aromatic heterocycles. The number of ketones is 1. The van der Waals surface area contributed by atoms with E-state index in [1.165, 1.54) is 32.0 Å². The SMILES string of the molecule is CC(C)=O.CC(O)(C(=O)O)c1ccccc1[N+](=O)[O-]. The summed E-state index contributed by atoms with van der Waals surface area (Å²) < 4.78 is 0. The van der Waals surface area contributed by atoms with Crippen molar-refractivity contribution in [3.63, 3.8) is 0 Å². The van der Waals surface area contributed by atoms with Gasteiger partial charge in [-0.15, -0.1) is 0 Å². The van der Waals surface area contributed by atoms with Crippen LogP contribution in [0.4, 0.5) is 5.69 Å². The third-order valence-electron chi connectivity index (χ3n) is 2.04. The molecule has 0 aliphatic carbocycles. The summed E-state index contributed by atoms with van der Waals surface area (Å²) in [7, 11) is 0. The van der Waals surface area contributed by atoms with Gasteiger partial charge in [0.05, 0.1) is 10.5 Å². The van der Waals surface area contributed by atoms with Crippen LogP contribution >= 0.6 is 0 Å². The highest BCUT2D eigenvalue weighted by atomic mass is 16.6. The van der Waals surface area contributed by atoms with Crippen LogP contribution in [0.2, 0.25) is 0 Å². The molecule has 0 amide bonds. The van der Waals surface area contributed by atoms with Gasteiger partial charge in [0, 0.05) is 6.07 Å². The first kappa shape index (κ1) is 16.7. The van der Waals surface area contributed by atoms with Crippen LogP contribution in [0, 0.1) is 10.1 Å². The number of carboxylic acids is 1. The van der Waals surface area contributed by atoms with Crippen LogP contribution < -0.4 is 0 Å². The van der Waals surface area contributed by atoms with Gasteiger partial charge in [0.1, 0.15) is 5.78 Å². The largest absolute Gasteiger partial charge is 0.479 e. The molecule has 2 N–H and O–H groups in total. The Hall–Kier alpha value is -2.28. The number of hydrogen-bond acceptors (Lipinski definition) is 5. The highest BCUT2D eigenvalue weighted by Gasteiger charge is 2.37. The average Bonchev–Trinajstić information content (AvgIpc) is 2.28. The van der Waals surface area contributed by atoms with Crippen molar-refractivity contribution in [2.45, 2.75) is 26.4 Å². The van der Waals surface area contributed by atoms with Crippen molar-refractivity contribution >= 4 is 17.4 Å². The van der Waals surface area contributed by atoms with Gasteiger partial charge in [-0.05, 0) is 26.8 Å². The number of carbonyl (C=O) groups excluding carboxylic acids is 1. The molecule has 0 aliphatic heterocycles. The number of aliphatic carboxylic acids is 1. The molecule has 0 heterocycles. The minimum Gasteiger partial charge on any atom is -0.479 e. The van der Waals surface area contributed by atoms with E-state index in [1.807, 2.05) is 0 Å². The van der Waals surface area contributed by atoms with Crippen molar-refractivity contribution < 1.29 is 24.7 Å². The topological polar surface area (TPSA) is 118 Å². The maximum atomic E-state index is 10.7. The summed E-state index contributed by atoms with van der Waals surface area (Å²) >= 11 is 0. The second-order valence-electron chi connectivity index (χ2n) is 4.06. The number of benzene rings is 1. The lowest BCUT2D eigenvalue weighted by molar-refractivity contribution is -0.386. The van der Waals surface area contributed by atoms with E-state index in [9.17, 15) is 24.8 Å². The number of para-hydroxylation sites is 1. The Balaban J connectivity index is 0.000000711. The first-order valence-electron chi connectivity index (χ1n) is 5.27. The monoisotopic (exact) mass is 269 g/mol. The minimum absolute atomic E-state index is 0.167. The van der Waals surface area contributed by atoms with Gasteiger partial charge in [0.2, 0.25) is 0 Å². The number of Topliss-reactive ketones (excluding diaryl/α,β-unsaturated/α-hetero) is 1. The van der Waals surface area contributed by atoms with E-state index < -0.39 is 22.2 Å². The molecular formula is C12H15NO6. The Morgan fingerprint density at radius 2 is 1.68 bits per heavy atom. The number of aliphatic hydroxyl groups is 1. The normalized spacial score (nSPS) is 12.6. The van der Waals surface area contributed by atoms with Gasteiger partial charge in [0.15, 0.2) is 5.60 Å². The first-order valence-corrected chi connectivity index (χ1v) is 5.27. The van der Waals surface area contributed by atoms with Crippen molar-refractivity contribution in [1.29, 1.82) is 0 Å². The van der Waals surface area contributed by atoms with Gasteiger partial charge in [0.25, 0.3) is 5.69 Å². The van der Waals surface area contributed by atoms with E-state index in [1.54, 1.807) is 0 Å². The third-order valence-corrected chi connectivity index (χ3v) is 2.04. The first-order chi connectivity index (χ1) is 8.60. The molecule has 19 heavy (non-hydrogen) atoms. The molecule has 1 aromatic rings. The van der Waals surface area contributed by atoms with Crippen molar-refractivity contribution in [1.82, 2.24) is 0 Å². The predicted octanol–water partition coefficient (Wildman–Crippen LogP) is 1.48. The maximum absolute atomic E-state index is 10.7. The fraction of sp³-hybridized carbons (Fsp3) is 0.333. The fourth-order valence-electron chi connectivity index (χ4n) is 1.16. The highest BCUT2D eigenvalue weighted by molar-refractivity contribution is 5.80. The number of carboxylic acid groups (broad SMARTS) is 1. The molecule has 1 aromatic carbocycles. The smallest absolute Gasteiger partial charge is 0.340 e. The predicted molar refractivity (Wildman–Crippen MR) is 66.7 cm³/mol. The van der Waals surface area contributed by atoms with E-state index in [4.69, 9.17) is 5.11 Å². The Morgan fingerprint density at radius 1 is 1.26 bits per heavy atom. The van der Waals surface area contributed by atoms with Crippen LogP contribution in [0.25, 0.3) is 0 Å². The molecule has 0 saturated heterocycles. The molecule has 7 nitrogen and oxygen atoms in total. The van der Waals surface area contributed by atoms with Gasteiger partial charge < -0.3 is 15.0 Å². The second kappa shape index (κ2) is 6.60. The summed E-state index contributed by atoms with van der Waals surface area (Å²) in [5, 5.41) is 28.9. The van der Waals surface area contributed by atoms with Crippen molar-refractivity contribution in [2.75, 3.05) is 0 Å². The highest BCUT2D eigenvalue weighted by Crippen LogP contribution is 2.29. The van der Waals surface area contributed by atoms with Crippen LogP contribution in [-0.2, 0) is 15.2 Å². The van der Waals surface area contributed by atoms with Crippen molar-refractivity contribution in [2.24, 2.45) is 0 Å². The van der Waals surface area contributed by atoms with Crippen LogP contribution in [0.15, 0.2) is 24.3 Å². The minimum atomic E-state index is -2.26. The third kappa shape index (κ3) is 4.84. The van der Waals surface area contributed by atoms with Gasteiger partial charge in [-0.25, -0.2) is 4.79 Å². The lowest BCUT2D eigenvalue weighted by Gasteiger charge is -2.17. The summed E-state index contributed by atoms with van der Waals surface area (Å²) in [6, 6.07) is 5.19. The van der Waals surface area contributed by atoms with Crippen LogP contribution in [0.3, 0.4) is 0 Å². The van der Waals surface area contributed by atoms with E-state index in [-0.39, 0.29) is 11.3 Å². The van der Waals surface area contributed by atoms with Crippen LogP contribution in [0.5, 0.6) is 0 Å². The Bertz CT molecular complexity index is 491. The Labute approximate surface area is 109 Å². The van der Waals surface area contributed by atoms with Crippen molar-refractivity contribution in [3.8, 4) is 0 Å². The number of rotatable bonds is 3. The van der Waals surface area contributed by atoms with Gasteiger partial charge >= 0.3 is 5.97 Å². The Morgan fingerprint density at radius 3 is 2.05 bits per heavy atom. The zero-order valence-electron chi connectivity index (χ0n) is 10.8.